The molecule has 0 atom stereocenters. The number of rotatable bonds is 10. The third-order valence-corrected chi connectivity index (χ3v) is 3.90. The first-order chi connectivity index (χ1) is 11.7. The summed E-state index contributed by atoms with van der Waals surface area (Å²) in [5.74, 6) is 2.52. The summed E-state index contributed by atoms with van der Waals surface area (Å²) in [7, 11) is 5.41. The van der Waals surface area contributed by atoms with Crippen molar-refractivity contribution in [3.63, 3.8) is 0 Å². The van der Waals surface area contributed by atoms with Crippen LogP contribution in [-0.2, 0) is 6.42 Å². The molecular formula is C19H34IN3O2. The van der Waals surface area contributed by atoms with E-state index in [1.807, 2.05) is 12.1 Å². The molecule has 1 rings (SSSR count). The lowest BCUT2D eigenvalue weighted by molar-refractivity contribution is 0.354. The van der Waals surface area contributed by atoms with Crippen LogP contribution in [-0.4, -0.2) is 51.8 Å². The smallest absolute Gasteiger partial charge is 0.193 e. The number of guanidine groups is 1. The van der Waals surface area contributed by atoms with Gasteiger partial charge in [0.05, 0.1) is 14.2 Å². The molecule has 0 aliphatic rings. The van der Waals surface area contributed by atoms with Gasteiger partial charge >= 0.3 is 0 Å². The average Bonchev–Trinajstić information content (AvgIpc) is 2.61. The number of ether oxygens (including phenoxy) is 2. The lowest BCUT2D eigenvalue weighted by atomic mass is 10.1. The monoisotopic (exact) mass is 463 g/mol. The van der Waals surface area contributed by atoms with Crippen LogP contribution in [0.3, 0.4) is 0 Å². The molecule has 0 saturated carbocycles. The predicted octanol–water partition coefficient (Wildman–Crippen LogP) is 3.95. The van der Waals surface area contributed by atoms with Gasteiger partial charge in [-0.05, 0) is 37.5 Å². The van der Waals surface area contributed by atoms with Crippen molar-refractivity contribution in [1.29, 1.82) is 0 Å². The maximum Gasteiger partial charge on any atom is 0.193 e. The number of benzene rings is 1. The van der Waals surface area contributed by atoms with E-state index in [4.69, 9.17) is 14.5 Å². The van der Waals surface area contributed by atoms with Crippen molar-refractivity contribution < 1.29 is 9.47 Å². The highest BCUT2D eigenvalue weighted by Crippen LogP contribution is 2.27. The highest BCUT2D eigenvalue weighted by molar-refractivity contribution is 14.0. The first kappa shape index (κ1) is 23.8. The summed E-state index contributed by atoms with van der Waals surface area (Å²) >= 11 is 0. The van der Waals surface area contributed by atoms with E-state index in [1.165, 1.54) is 18.4 Å². The van der Waals surface area contributed by atoms with E-state index in [-0.39, 0.29) is 24.0 Å². The molecule has 0 aromatic heterocycles. The van der Waals surface area contributed by atoms with Gasteiger partial charge in [-0.3, -0.25) is 4.99 Å². The summed E-state index contributed by atoms with van der Waals surface area (Å²) in [5, 5.41) is 3.37. The normalized spacial score (nSPS) is 10.8. The summed E-state index contributed by atoms with van der Waals surface area (Å²) < 4.78 is 10.7. The van der Waals surface area contributed by atoms with Crippen molar-refractivity contribution in [2.24, 2.45) is 4.99 Å². The highest BCUT2D eigenvalue weighted by atomic mass is 127. The van der Waals surface area contributed by atoms with Gasteiger partial charge in [0.1, 0.15) is 0 Å². The largest absolute Gasteiger partial charge is 0.493 e. The van der Waals surface area contributed by atoms with E-state index in [1.54, 1.807) is 14.2 Å². The summed E-state index contributed by atoms with van der Waals surface area (Å²) in [4.78, 5) is 6.90. The van der Waals surface area contributed by atoms with Gasteiger partial charge in [-0.1, -0.05) is 25.8 Å². The zero-order valence-electron chi connectivity index (χ0n) is 16.3. The first-order valence-electron chi connectivity index (χ1n) is 8.86. The van der Waals surface area contributed by atoms with Crippen LogP contribution in [0.1, 0.15) is 38.7 Å². The third kappa shape index (κ3) is 8.65. The molecule has 0 amide bonds. The fourth-order valence-electron chi connectivity index (χ4n) is 2.46. The fourth-order valence-corrected chi connectivity index (χ4v) is 2.46. The predicted molar refractivity (Wildman–Crippen MR) is 117 cm³/mol. The summed E-state index contributed by atoms with van der Waals surface area (Å²) in [6.07, 6.45) is 4.53. The lowest BCUT2D eigenvalue weighted by Gasteiger charge is -2.22. The standard InChI is InChI=1S/C19H33N3O2.HI/c1-6-8-9-13-21-19(20-7-2)22(3)14-12-16-10-11-17(23-4)18(15-16)24-5;/h10-11,15H,6-9,12-14H2,1-5H3,(H,20,21);1H. The molecule has 5 nitrogen and oxygen atoms in total. The van der Waals surface area contributed by atoms with Crippen LogP contribution in [0.2, 0.25) is 0 Å². The molecule has 0 aliphatic carbocycles. The molecule has 25 heavy (non-hydrogen) atoms. The van der Waals surface area contributed by atoms with Crippen molar-refractivity contribution in [2.45, 2.75) is 39.5 Å². The van der Waals surface area contributed by atoms with E-state index in [2.05, 4.69) is 37.2 Å². The molecule has 0 aliphatic heterocycles. The van der Waals surface area contributed by atoms with Crippen LogP contribution in [0, 0.1) is 0 Å². The number of nitrogens with one attached hydrogen (secondary N) is 1. The average molecular weight is 463 g/mol. The van der Waals surface area contributed by atoms with Crippen LogP contribution in [0.15, 0.2) is 23.2 Å². The quantitative estimate of drug-likeness (QED) is 0.247. The Balaban J connectivity index is 0.00000576. The summed E-state index contributed by atoms with van der Waals surface area (Å²) in [6.45, 7) is 6.98. The zero-order valence-corrected chi connectivity index (χ0v) is 18.6. The molecule has 0 fully saturated rings. The number of aliphatic imine (C=N–C) groups is 1. The molecular weight excluding hydrogens is 429 g/mol. The number of hydrogen-bond donors (Lipinski definition) is 1. The van der Waals surface area contributed by atoms with Gasteiger partial charge in [0.25, 0.3) is 0 Å². The van der Waals surface area contributed by atoms with E-state index >= 15 is 0 Å². The minimum atomic E-state index is 0. The molecule has 0 heterocycles. The Morgan fingerprint density at radius 3 is 2.44 bits per heavy atom. The fraction of sp³-hybridized carbons (Fsp3) is 0.632. The Labute approximate surface area is 170 Å². The molecule has 1 aromatic carbocycles. The second-order valence-electron chi connectivity index (χ2n) is 5.80. The van der Waals surface area contributed by atoms with E-state index in [9.17, 15) is 0 Å². The first-order valence-corrected chi connectivity index (χ1v) is 8.86. The number of halogens is 1. The van der Waals surface area contributed by atoms with Gasteiger partial charge in [-0.25, -0.2) is 0 Å². The van der Waals surface area contributed by atoms with Crippen LogP contribution in [0.5, 0.6) is 11.5 Å². The Morgan fingerprint density at radius 2 is 1.84 bits per heavy atom. The molecule has 1 aromatic rings. The SMILES string of the molecule is CCCCCN=C(NCC)N(C)CCc1ccc(OC)c(OC)c1.I. The number of hydrogen-bond acceptors (Lipinski definition) is 3. The maximum absolute atomic E-state index is 5.37. The number of methoxy groups -OCH3 is 2. The van der Waals surface area contributed by atoms with Crippen molar-refractivity contribution in [3.8, 4) is 11.5 Å². The molecule has 6 heteroatoms. The van der Waals surface area contributed by atoms with Gasteiger partial charge in [0.15, 0.2) is 17.5 Å². The van der Waals surface area contributed by atoms with E-state index in [0.717, 1.165) is 49.9 Å². The summed E-state index contributed by atoms with van der Waals surface area (Å²) in [5.41, 5.74) is 1.22. The maximum atomic E-state index is 5.37. The van der Waals surface area contributed by atoms with Crippen molar-refractivity contribution >= 4 is 29.9 Å². The second kappa shape index (κ2) is 14.0. The van der Waals surface area contributed by atoms with E-state index in [0.29, 0.717) is 0 Å². The van der Waals surface area contributed by atoms with Gasteiger partial charge < -0.3 is 19.7 Å². The minimum Gasteiger partial charge on any atom is -0.493 e. The molecule has 0 bridgehead atoms. The topological polar surface area (TPSA) is 46.1 Å². The van der Waals surface area contributed by atoms with Crippen LogP contribution in [0.4, 0.5) is 0 Å². The van der Waals surface area contributed by atoms with Crippen molar-refractivity contribution in [3.05, 3.63) is 23.8 Å². The lowest BCUT2D eigenvalue weighted by Crippen LogP contribution is -2.40. The molecule has 144 valence electrons. The van der Waals surface area contributed by atoms with Gasteiger partial charge in [0.2, 0.25) is 0 Å². The molecule has 0 unspecified atom stereocenters. The molecule has 0 spiro atoms. The zero-order chi connectivity index (χ0) is 17.8. The number of likely N-dealkylation sites (N-methyl/N-ethyl adjacent to an activating group) is 1. The summed E-state index contributed by atoms with van der Waals surface area (Å²) in [6, 6.07) is 6.08. The van der Waals surface area contributed by atoms with E-state index < -0.39 is 0 Å². The molecule has 1 N–H and O–H groups in total. The Kier molecular flexibility index (Phi) is 13.4. The van der Waals surface area contributed by atoms with Crippen LogP contribution >= 0.6 is 24.0 Å². The number of unbranched alkanes of at least 4 members (excludes halogenated alkanes) is 2. The van der Waals surface area contributed by atoms with Crippen LogP contribution < -0.4 is 14.8 Å². The third-order valence-electron chi connectivity index (χ3n) is 3.90. The Morgan fingerprint density at radius 1 is 1.12 bits per heavy atom. The molecule has 0 saturated heterocycles. The van der Waals surface area contributed by atoms with Crippen LogP contribution in [0.25, 0.3) is 0 Å². The van der Waals surface area contributed by atoms with Gasteiger partial charge in [0, 0.05) is 26.7 Å². The second-order valence-corrected chi connectivity index (χ2v) is 5.80. The molecule has 0 radical (unpaired) electrons. The van der Waals surface area contributed by atoms with Crippen molar-refractivity contribution in [1.82, 2.24) is 10.2 Å². The van der Waals surface area contributed by atoms with Crippen molar-refractivity contribution in [2.75, 3.05) is 40.9 Å². The minimum absolute atomic E-state index is 0. The Bertz CT molecular complexity index is 509. The van der Waals surface area contributed by atoms with Gasteiger partial charge in [-0.15, -0.1) is 24.0 Å². The highest BCUT2D eigenvalue weighted by Gasteiger charge is 2.08. The van der Waals surface area contributed by atoms with Gasteiger partial charge in [-0.2, -0.15) is 0 Å². The Hall–Kier alpha value is -1.18. The number of nitrogens with zero attached hydrogens (tertiary/aromatic N) is 2.